The molecule has 0 aliphatic rings. The molecule has 0 aliphatic carbocycles. The van der Waals surface area contributed by atoms with Gasteiger partial charge in [0.15, 0.2) is 5.16 Å². The van der Waals surface area contributed by atoms with Crippen LogP contribution in [0.4, 0.5) is 5.13 Å². The SMILES string of the molecule is CCc1nnc(NC(=O)CSc2nc3sc(C)c(C)c3c(=O)n2CCOC)s1. The van der Waals surface area contributed by atoms with Gasteiger partial charge in [-0.1, -0.05) is 30.0 Å². The number of hydrogen-bond acceptors (Lipinski definition) is 9. The molecule has 0 unspecified atom stereocenters. The number of thiophene rings is 1. The summed E-state index contributed by atoms with van der Waals surface area (Å²) in [5, 5.41) is 13.2. The van der Waals surface area contributed by atoms with Crippen molar-refractivity contribution in [3.8, 4) is 0 Å². The van der Waals surface area contributed by atoms with E-state index in [1.807, 2.05) is 20.8 Å². The number of amides is 1. The van der Waals surface area contributed by atoms with E-state index in [9.17, 15) is 9.59 Å². The van der Waals surface area contributed by atoms with Gasteiger partial charge >= 0.3 is 0 Å². The lowest BCUT2D eigenvalue weighted by Gasteiger charge is -2.11. The van der Waals surface area contributed by atoms with Gasteiger partial charge in [0.1, 0.15) is 9.84 Å². The molecule has 0 saturated carbocycles. The Morgan fingerprint density at radius 3 is 2.75 bits per heavy atom. The van der Waals surface area contributed by atoms with Crippen molar-refractivity contribution in [2.75, 3.05) is 24.8 Å². The van der Waals surface area contributed by atoms with Crippen molar-refractivity contribution in [3.63, 3.8) is 0 Å². The molecule has 0 saturated heterocycles. The summed E-state index contributed by atoms with van der Waals surface area (Å²) < 4.78 is 6.72. The highest BCUT2D eigenvalue weighted by molar-refractivity contribution is 7.99. The van der Waals surface area contributed by atoms with E-state index >= 15 is 0 Å². The number of carbonyl (C=O) groups is 1. The number of nitrogens with zero attached hydrogens (tertiary/aromatic N) is 4. The molecule has 0 aliphatic heterocycles. The van der Waals surface area contributed by atoms with Gasteiger partial charge in [0.25, 0.3) is 5.56 Å². The predicted molar refractivity (Wildman–Crippen MR) is 114 cm³/mol. The zero-order chi connectivity index (χ0) is 20.3. The van der Waals surface area contributed by atoms with Crippen molar-refractivity contribution in [3.05, 3.63) is 25.8 Å². The number of rotatable bonds is 8. The van der Waals surface area contributed by atoms with Gasteiger partial charge in [-0.25, -0.2) is 4.98 Å². The highest BCUT2D eigenvalue weighted by Crippen LogP contribution is 2.28. The van der Waals surface area contributed by atoms with E-state index in [0.717, 1.165) is 21.9 Å². The van der Waals surface area contributed by atoms with Crippen LogP contribution >= 0.6 is 34.4 Å². The summed E-state index contributed by atoms with van der Waals surface area (Å²) in [6.45, 7) is 6.67. The fourth-order valence-electron chi connectivity index (χ4n) is 2.53. The quantitative estimate of drug-likeness (QED) is 0.426. The minimum atomic E-state index is -0.213. The van der Waals surface area contributed by atoms with Gasteiger partial charge in [-0.2, -0.15) is 0 Å². The van der Waals surface area contributed by atoms with Gasteiger partial charge < -0.3 is 4.74 Å². The normalized spacial score (nSPS) is 11.3. The zero-order valence-corrected chi connectivity index (χ0v) is 18.5. The second kappa shape index (κ2) is 9.12. The van der Waals surface area contributed by atoms with Crippen molar-refractivity contribution < 1.29 is 9.53 Å². The number of nitrogens with one attached hydrogen (secondary N) is 1. The summed E-state index contributed by atoms with van der Waals surface area (Å²) >= 11 is 4.08. The summed E-state index contributed by atoms with van der Waals surface area (Å²) in [6.07, 6.45) is 0.775. The second-order valence-electron chi connectivity index (χ2n) is 6.00. The third-order valence-electron chi connectivity index (χ3n) is 4.12. The molecule has 8 nitrogen and oxygen atoms in total. The molecule has 0 atom stereocenters. The number of anilines is 1. The van der Waals surface area contributed by atoms with Crippen molar-refractivity contribution in [1.29, 1.82) is 0 Å². The third kappa shape index (κ3) is 4.43. The summed E-state index contributed by atoms with van der Waals surface area (Å²) in [5.74, 6) is -0.0926. The molecule has 1 N–H and O–H groups in total. The molecule has 0 radical (unpaired) electrons. The molecule has 0 fully saturated rings. The topological polar surface area (TPSA) is 99.0 Å². The lowest BCUT2D eigenvalue weighted by molar-refractivity contribution is -0.113. The molecule has 3 heterocycles. The number of fused-ring (bicyclic) bond motifs is 1. The monoisotopic (exact) mass is 439 g/mol. The van der Waals surface area contributed by atoms with Gasteiger partial charge in [-0.05, 0) is 25.8 Å². The molecule has 0 bridgehead atoms. The van der Waals surface area contributed by atoms with E-state index in [1.54, 1.807) is 11.7 Å². The summed E-state index contributed by atoms with van der Waals surface area (Å²) in [5.41, 5.74) is 0.865. The van der Waals surface area contributed by atoms with Gasteiger partial charge in [0.05, 0.1) is 24.3 Å². The van der Waals surface area contributed by atoms with Crippen LogP contribution in [0.2, 0.25) is 0 Å². The fourth-order valence-corrected chi connectivity index (χ4v) is 5.12. The van der Waals surface area contributed by atoms with Gasteiger partial charge in [-0.3, -0.25) is 19.5 Å². The molecule has 28 heavy (non-hydrogen) atoms. The number of hydrogen-bond donors (Lipinski definition) is 1. The number of aryl methyl sites for hydroxylation is 3. The number of methoxy groups -OCH3 is 1. The van der Waals surface area contributed by atoms with E-state index in [1.165, 1.54) is 34.4 Å². The smallest absolute Gasteiger partial charge is 0.263 e. The Balaban J connectivity index is 1.82. The molecule has 3 aromatic rings. The average molecular weight is 440 g/mol. The molecule has 0 aromatic carbocycles. The highest BCUT2D eigenvalue weighted by atomic mass is 32.2. The third-order valence-corrected chi connectivity index (χ3v) is 7.18. The van der Waals surface area contributed by atoms with Crippen molar-refractivity contribution in [2.24, 2.45) is 0 Å². The van der Waals surface area contributed by atoms with Crippen LogP contribution in [0.5, 0.6) is 0 Å². The van der Waals surface area contributed by atoms with Crippen molar-refractivity contribution in [1.82, 2.24) is 19.7 Å². The van der Waals surface area contributed by atoms with E-state index in [2.05, 4.69) is 20.5 Å². The van der Waals surface area contributed by atoms with Crippen LogP contribution in [0.25, 0.3) is 10.2 Å². The van der Waals surface area contributed by atoms with Crippen LogP contribution in [0.3, 0.4) is 0 Å². The summed E-state index contributed by atoms with van der Waals surface area (Å²) in [7, 11) is 1.59. The van der Waals surface area contributed by atoms with E-state index in [0.29, 0.717) is 33.7 Å². The summed E-state index contributed by atoms with van der Waals surface area (Å²) in [6, 6.07) is 0. The molecule has 150 valence electrons. The van der Waals surface area contributed by atoms with E-state index < -0.39 is 0 Å². The first-order valence-corrected chi connectivity index (χ1v) is 11.3. The van der Waals surface area contributed by atoms with E-state index in [-0.39, 0.29) is 17.2 Å². The summed E-state index contributed by atoms with van der Waals surface area (Å²) in [4.78, 5) is 31.7. The van der Waals surface area contributed by atoms with Gasteiger partial charge in [0.2, 0.25) is 11.0 Å². The Hall–Kier alpha value is -1.82. The molecule has 3 aromatic heterocycles. The van der Waals surface area contributed by atoms with Crippen LogP contribution in [-0.2, 0) is 22.5 Å². The largest absolute Gasteiger partial charge is 0.383 e. The Morgan fingerprint density at radius 1 is 1.29 bits per heavy atom. The van der Waals surface area contributed by atoms with Crippen molar-refractivity contribution >= 4 is 55.7 Å². The first kappa shape index (κ1) is 20.9. The highest BCUT2D eigenvalue weighted by Gasteiger charge is 2.18. The fraction of sp³-hybridized carbons (Fsp3) is 0.471. The number of thioether (sulfide) groups is 1. The molecule has 0 spiro atoms. The lowest BCUT2D eigenvalue weighted by Crippen LogP contribution is -2.26. The first-order valence-electron chi connectivity index (χ1n) is 8.69. The van der Waals surface area contributed by atoms with Crippen LogP contribution in [-0.4, -0.2) is 45.1 Å². The number of carbonyl (C=O) groups excluding carboxylic acids is 1. The Bertz CT molecular complexity index is 1060. The Kier molecular flexibility index (Phi) is 6.81. The van der Waals surface area contributed by atoms with Crippen molar-refractivity contribution in [2.45, 2.75) is 38.9 Å². The molecule has 11 heteroatoms. The molecular weight excluding hydrogens is 418 g/mol. The number of ether oxygens (including phenoxy) is 1. The maximum atomic E-state index is 13.0. The van der Waals surface area contributed by atoms with Crippen LogP contribution in [0.1, 0.15) is 22.4 Å². The van der Waals surface area contributed by atoms with Crippen LogP contribution < -0.4 is 10.9 Å². The number of aromatic nitrogens is 4. The second-order valence-corrected chi connectivity index (χ2v) is 9.21. The minimum absolute atomic E-state index is 0.0940. The maximum Gasteiger partial charge on any atom is 0.263 e. The van der Waals surface area contributed by atoms with E-state index in [4.69, 9.17) is 4.74 Å². The predicted octanol–water partition coefficient (Wildman–Crippen LogP) is 2.87. The Labute approximate surface area is 174 Å². The minimum Gasteiger partial charge on any atom is -0.383 e. The zero-order valence-electron chi connectivity index (χ0n) is 16.1. The molecular formula is C17H21N5O3S3. The lowest BCUT2D eigenvalue weighted by atomic mass is 10.2. The molecule has 3 rings (SSSR count). The van der Waals surface area contributed by atoms with Crippen LogP contribution in [0.15, 0.2) is 9.95 Å². The first-order chi connectivity index (χ1) is 13.4. The standard InChI is InChI=1S/C17H21N5O3S3/c1-5-12-20-21-16(28-12)18-11(23)8-26-17-19-14-13(9(2)10(3)27-14)15(24)22(17)6-7-25-4/h5-8H2,1-4H3,(H,18,21,23). The average Bonchev–Trinajstić information content (AvgIpc) is 3.23. The van der Waals surface area contributed by atoms with Gasteiger partial charge in [-0.15, -0.1) is 21.5 Å². The van der Waals surface area contributed by atoms with Gasteiger partial charge in [0, 0.05) is 12.0 Å². The molecule has 1 amide bonds. The van der Waals surface area contributed by atoms with Crippen LogP contribution in [0, 0.1) is 13.8 Å². The maximum absolute atomic E-state index is 13.0. The Morgan fingerprint density at radius 2 is 2.07 bits per heavy atom.